The maximum atomic E-state index is 6.19. The first-order valence-electron chi connectivity index (χ1n) is 8.20. The van der Waals surface area contributed by atoms with E-state index in [1.807, 2.05) is 0 Å². The van der Waals surface area contributed by atoms with Gasteiger partial charge in [-0.2, -0.15) is 0 Å². The zero-order chi connectivity index (χ0) is 16.0. The molecule has 1 aromatic rings. The third kappa shape index (κ3) is 3.08. The molecule has 0 aliphatic carbocycles. The van der Waals surface area contributed by atoms with Crippen molar-refractivity contribution in [2.45, 2.75) is 58.2 Å². The predicted molar refractivity (Wildman–Crippen MR) is 95.9 cm³/mol. The van der Waals surface area contributed by atoms with Crippen LogP contribution in [0.15, 0.2) is 22.7 Å². The average Bonchev–Trinajstić information content (AvgIpc) is 2.68. The van der Waals surface area contributed by atoms with Crippen LogP contribution in [-0.2, 0) is 9.31 Å². The summed E-state index contributed by atoms with van der Waals surface area (Å²) in [5, 5.41) is 0. The molecule has 2 aliphatic rings. The number of piperidine rings is 1. The fourth-order valence-electron chi connectivity index (χ4n) is 3.05. The second-order valence-electron chi connectivity index (χ2n) is 7.38. The van der Waals surface area contributed by atoms with Crippen LogP contribution >= 0.6 is 15.9 Å². The van der Waals surface area contributed by atoms with E-state index in [2.05, 4.69) is 66.7 Å². The summed E-state index contributed by atoms with van der Waals surface area (Å²) in [5.74, 6) is 0. The molecule has 2 fully saturated rings. The lowest BCUT2D eigenvalue weighted by Crippen LogP contribution is -2.41. The Morgan fingerprint density at radius 2 is 1.55 bits per heavy atom. The normalized spacial score (nSPS) is 23.9. The van der Waals surface area contributed by atoms with E-state index in [-0.39, 0.29) is 18.3 Å². The minimum Gasteiger partial charge on any atom is -0.399 e. The first-order chi connectivity index (χ1) is 10.3. The second kappa shape index (κ2) is 5.84. The first kappa shape index (κ1) is 16.3. The molecule has 2 saturated heterocycles. The molecule has 3 nitrogen and oxygen atoms in total. The number of halogens is 1. The standard InChI is InChI=1S/C17H25BBrNO2/c1-16(2)17(3,4)22-18(21-16)13-10-14(19)12-15(11-13)20-8-6-5-7-9-20/h10-12H,5-9H2,1-4H3. The van der Waals surface area contributed by atoms with Crippen molar-refractivity contribution in [2.24, 2.45) is 0 Å². The Bertz CT molecular complexity index is 540. The van der Waals surface area contributed by atoms with Crippen molar-refractivity contribution in [3.63, 3.8) is 0 Å². The van der Waals surface area contributed by atoms with Gasteiger partial charge in [-0.25, -0.2) is 0 Å². The molecule has 0 unspecified atom stereocenters. The molecule has 0 N–H and O–H groups in total. The highest BCUT2D eigenvalue weighted by molar-refractivity contribution is 9.10. The van der Waals surface area contributed by atoms with E-state index in [0.717, 1.165) is 23.0 Å². The topological polar surface area (TPSA) is 21.7 Å². The largest absolute Gasteiger partial charge is 0.494 e. The molecule has 0 atom stereocenters. The van der Waals surface area contributed by atoms with E-state index >= 15 is 0 Å². The first-order valence-corrected chi connectivity index (χ1v) is 8.99. The summed E-state index contributed by atoms with van der Waals surface area (Å²) >= 11 is 3.65. The van der Waals surface area contributed by atoms with Crippen molar-refractivity contribution >= 4 is 34.2 Å². The number of hydrogen-bond donors (Lipinski definition) is 0. The van der Waals surface area contributed by atoms with Crippen LogP contribution in [0.5, 0.6) is 0 Å². The smallest absolute Gasteiger partial charge is 0.399 e. The third-order valence-electron chi connectivity index (χ3n) is 5.15. The predicted octanol–water partition coefficient (Wildman–Crippen LogP) is 3.74. The van der Waals surface area contributed by atoms with Crippen LogP contribution in [0.25, 0.3) is 0 Å². The zero-order valence-corrected chi connectivity index (χ0v) is 15.6. The van der Waals surface area contributed by atoms with Crippen molar-refractivity contribution < 1.29 is 9.31 Å². The van der Waals surface area contributed by atoms with E-state index in [9.17, 15) is 0 Å². The molecule has 2 aliphatic heterocycles. The lowest BCUT2D eigenvalue weighted by molar-refractivity contribution is 0.00578. The van der Waals surface area contributed by atoms with Crippen LogP contribution in [0.2, 0.25) is 0 Å². The van der Waals surface area contributed by atoms with Gasteiger partial charge in [0.15, 0.2) is 0 Å². The van der Waals surface area contributed by atoms with Gasteiger partial charge in [-0.3, -0.25) is 0 Å². The number of rotatable bonds is 2. The Labute approximate surface area is 142 Å². The monoisotopic (exact) mass is 365 g/mol. The van der Waals surface area contributed by atoms with Crippen molar-refractivity contribution in [1.29, 1.82) is 0 Å². The van der Waals surface area contributed by atoms with Crippen LogP contribution in [0.1, 0.15) is 47.0 Å². The Morgan fingerprint density at radius 3 is 2.14 bits per heavy atom. The molecule has 1 aromatic carbocycles. The van der Waals surface area contributed by atoms with E-state index < -0.39 is 0 Å². The minimum atomic E-state index is -0.300. The Morgan fingerprint density at radius 1 is 0.955 bits per heavy atom. The Hall–Kier alpha value is -0.515. The van der Waals surface area contributed by atoms with Crippen LogP contribution in [-0.4, -0.2) is 31.4 Å². The summed E-state index contributed by atoms with van der Waals surface area (Å²) in [6, 6.07) is 6.52. The highest BCUT2D eigenvalue weighted by Gasteiger charge is 2.51. The van der Waals surface area contributed by atoms with Crippen molar-refractivity contribution in [1.82, 2.24) is 0 Å². The zero-order valence-electron chi connectivity index (χ0n) is 14.0. The lowest BCUT2D eigenvalue weighted by Gasteiger charge is -2.32. The third-order valence-corrected chi connectivity index (χ3v) is 5.61. The molecule has 22 heavy (non-hydrogen) atoms. The molecular formula is C17H25BBrNO2. The number of benzene rings is 1. The van der Waals surface area contributed by atoms with Gasteiger partial charge in [-0.1, -0.05) is 15.9 Å². The Kier molecular flexibility index (Phi) is 4.34. The molecule has 3 rings (SSSR count). The van der Waals surface area contributed by atoms with Crippen LogP contribution in [0.4, 0.5) is 5.69 Å². The highest BCUT2D eigenvalue weighted by atomic mass is 79.9. The number of anilines is 1. The lowest BCUT2D eigenvalue weighted by atomic mass is 9.79. The summed E-state index contributed by atoms with van der Waals surface area (Å²) < 4.78 is 13.5. The maximum absolute atomic E-state index is 6.19. The van der Waals surface area contributed by atoms with Gasteiger partial charge < -0.3 is 14.2 Å². The summed E-state index contributed by atoms with van der Waals surface area (Å²) in [5.41, 5.74) is 1.75. The molecule has 120 valence electrons. The maximum Gasteiger partial charge on any atom is 0.494 e. The average molecular weight is 366 g/mol. The molecule has 0 saturated carbocycles. The SMILES string of the molecule is CC1(C)OB(c2cc(Br)cc(N3CCCCC3)c2)OC1(C)C. The number of hydrogen-bond acceptors (Lipinski definition) is 3. The number of nitrogens with zero attached hydrogens (tertiary/aromatic N) is 1. The quantitative estimate of drug-likeness (QED) is 0.745. The summed E-state index contributed by atoms with van der Waals surface area (Å²) in [7, 11) is -0.300. The molecule has 2 heterocycles. The van der Waals surface area contributed by atoms with Crippen LogP contribution in [0, 0.1) is 0 Å². The molecule has 5 heteroatoms. The molecule has 0 aromatic heterocycles. The van der Waals surface area contributed by atoms with Crippen molar-refractivity contribution in [2.75, 3.05) is 18.0 Å². The summed E-state index contributed by atoms with van der Waals surface area (Å²) in [6.07, 6.45) is 3.89. The molecule has 0 radical (unpaired) electrons. The van der Waals surface area contributed by atoms with Gasteiger partial charge in [-0.05, 0) is 70.6 Å². The van der Waals surface area contributed by atoms with Gasteiger partial charge >= 0.3 is 7.12 Å². The Balaban J connectivity index is 1.87. The highest BCUT2D eigenvalue weighted by Crippen LogP contribution is 2.37. The summed E-state index contributed by atoms with van der Waals surface area (Å²) in [4.78, 5) is 2.46. The van der Waals surface area contributed by atoms with Gasteiger partial charge in [0, 0.05) is 23.2 Å². The van der Waals surface area contributed by atoms with Gasteiger partial charge in [0.25, 0.3) is 0 Å². The molecular weight excluding hydrogens is 341 g/mol. The molecule has 0 bridgehead atoms. The van der Waals surface area contributed by atoms with E-state index in [1.165, 1.54) is 24.9 Å². The van der Waals surface area contributed by atoms with Gasteiger partial charge in [0.2, 0.25) is 0 Å². The fraction of sp³-hybridized carbons (Fsp3) is 0.647. The van der Waals surface area contributed by atoms with Gasteiger partial charge in [0.05, 0.1) is 11.2 Å². The van der Waals surface area contributed by atoms with Gasteiger partial charge in [-0.15, -0.1) is 0 Å². The minimum absolute atomic E-state index is 0.300. The fourth-order valence-corrected chi connectivity index (χ4v) is 3.55. The van der Waals surface area contributed by atoms with Crippen LogP contribution < -0.4 is 10.4 Å². The van der Waals surface area contributed by atoms with E-state index in [1.54, 1.807) is 0 Å². The summed E-state index contributed by atoms with van der Waals surface area (Å²) in [6.45, 7) is 10.7. The molecule has 0 amide bonds. The van der Waals surface area contributed by atoms with Crippen molar-refractivity contribution in [3.8, 4) is 0 Å². The van der Waals surface area contributed by atoms with E-state index in [4.69, 9.17) is 9.31 Å². The van der Waals surface area contributed by atoms with Gasteiger partial charge in [0.1, 0.15) is 0 Å². The van der Waals surface area contributed by atoms with Crippen LogP contribution in [0.3, 0.4) is 0 Å². The molecule has 0 spiro atoms. The van der Waals surface area contributed by atoms with E-state index in [0.29, 0.717) is 0 Å². The second-order valence-corrected chi connectivity index (χ2v) is 8.29. The van der Waals surface area contributed by atoms with Crippen molar-refractivity contribution in [3.05, 3.63) is 22.7 Å².